The SMILES string of the molecule is [CH2]CC(N)(C(=O)N1CCN(CCc2ccccc2)CC1)c1ccccc1. The fourth-order valence-electron chi connectivity index (χ4n) is 3.50. The number of benzene rings is 2. The molecule has 4 nitrogen and oxygen atoms in total. The first kappa shape index (κ1) is 18.6. The minimum atomic E-state index is -1.03. The molecule has 1 amide bonds. The van der Waals surface area contributed by atoms with Gasteiger partial charge in [-0.25, -0.2) is 0 Å². The van der Waals surface area contributed by atoms with Crippen LogP contribution in [-0.2, 0) is 16.8 Å². The van der Waals surface area contributed by atoms with E-state index in [-0.39, 0.29) is 5.91 Å². The van der Waals surface area contributed by atoms with Gasteiger partial charge in [-0.05, 0) is 24.0 Å². The number of hydrogen-bond acceptors (Lipinski definition) is 3. The van der Waals surface area contributed by atoms with Gasteiger partial charge in [-0.2, -0.15) is 0 Å². The molecule has 1 aliphatic rings. The van der Waals surface area contributed by atoms with Crippen LogP contribution in [0.3, 0.4) is 0 Å². The third kappa shape index (κ3) is 4.14. The van der Waals surface area contributed by atoms with Gasteiger partial charge < -0.3 is 10.6 Å². The van der Waals surface area contributed by atoms with Crippen LogP contribution in [0.4, 0.5) is 0 Å². The highest BCUT2D eigenvalue weighted by Gasteiger charge is 2.38. The van der Waals surface area contributed by atoms with E-state index in [0.29, 0.717) is 6.42 Å². The van der Waals surface area contributed by atoms with Crippen LogP contribution >= 0.6 is 0 Å². The summed E-state index contributed by atoms with van der Waals surface area (Å²) in [5.74, 6) is -0.0126. The van der Waals surface area contributed by atoms with Gasteiger partial charge in [0.1, 0.15) is 5.54 Å². The number of carbonyl (C=O) groups is 1. The maximum absolute atomic E-state index is 13.1. The lowest BCUT2D eigenvalue weighted by Crippen LogP contribution is -2.57. The van der Waals surface area contributed by atoms with Gasteiger partial charge in [0.15, 0.2) is 0 Å². The average Bonchev–Trinajstić information content (AvgIpc) is 2.73. The summed E-state index contributed by atoms with van der Waals surface area (Å²) in [5.41, 5.74) is 7.65. The van der Waals surface area contributed by atoms with E-state index in [1.54, 1.807) is 0 Å². The van der Waals surface area contributed by atoms with Crippen LogP contribution in [-0.4, -0.2) is 48.4 Å². The Morgan fingerprint density at radius 3 is 2.12 bits per heavy atom. The van der Waals surface area contributed by atoms with Crippen molar-refractivity contribution >= 4 is 5.91 Å². The van der Waals surface area contributed by atoms with E-state index in [2.05, 4.69) is 36.1 Å². The van der Waals surface area contributed by atoms with E-state index in [4.69, 9.17) is 5.73 Å². The lowest BCUT2D eigenvalue weighted by molar-refractivity contribution is -0.139. The summed E-state index contributed by atoms with van der Waals surface area (Å²) in [6.07, 6.45) is 1.39. The number of carbonyl (C=O) groups excluding carboxylic acids is 1. The third-order valence-corrected chi connectivity index (χ3v) is 5.28. The van der Waals surface area contributed by atoms with E-state index in [0.717, 1.165) is 44.7 Å². The summed E-state index contributed by atoms with van der Waals surface area (Å²) in [6.45, 7) is 8.19. The summed E-state index contributed by atoms with van der Waals surface area (Å²) >= 11 is 0. The molecular weight excluding hydrogens is 322 g/mol. The highest BCUT2D eigenvalue weighted by Crippen LogP contribution is 2.25. The zero-order valence-electron chi connectivity index (χ0n) is 15.3. The van der Waals surface area contributed by atoms with Crippen LogP contribution in [0.25, 0.3) is 0 Å². The van der Waals surface area contributed by atoms with Crippen molar-refractivity contribution in [1.29, 1.82) is 0 Å². The Bertz CT molecular complexity index is 696. The standard InChI is InChI=1S/C22H28N3O/c1-2-22(23,20-11-7-4-8-12-20)21(26)25-17-15-24(16-18-25)14-13-19-9-5-3-6-10-19/h3-12H,1-2,13-18,23H2. The maximum Gasteiger partial charge on any atom is 0.247 e. The Kier molecular flexibility index (Phi) is 6.07. The lowest BCUT2D eigenvalue weighted by atomic mass is 9.86. The van der Waals surface area contributed by atoms with E-state index < -0.39 is 5.54 Å². The molecule has 2 aromatic carbocycles. The third-order valence-electron chi connectivity index (χ3n) is 5.28. The minimum absolute atomic E-state index is 0.0126. The highest BCUT2D eigenvalue weighted by molar-refractivity contribution is 5.87. The van der Waals surface area contributed by atoms with Crippen molar-refractivity contribution in [3.63, 3.8) is 0 Å². The monoisotopic (exact) mass is 350 g/mol. The second-order valence-electron chi connectivity index (χ2n) is 6.96. The van der Waals surface area contributed by atoms with Gasteiger partial charge in [-0.15, -0.1) is 0 Å². The van der Waals surface area contributed by atoms with E-state index in [1.165, 1.54) is 5.56 Å². The molecule has 1 fully saturated rings. The molecule has 1 unspecified atom stereocenters. The minimum Gasteiger partial charge on any atom is -0.338 e. The Balaban J connectivity index is 1.56. The Labute approximate surface area is 156 Å². The first-order valence-corrected chi connectivity index (χ1v) is 9.33. The van der Waals surface area contributed by atoms with Gasteiger partial charge in [0, 0.05) is 32.7 Å². The smallest absolute Gasteiger partial charge is 0.247 e. The largest absolute Gasteiger partial charge is 0.338 e. The molecule has 0 bridgehead atoms. The van der Waals surface area contributed by atoms with Crippen LogP contribution in [0.5, 0.6) is 0 Å². The van der Waals surface area contributed by atoms with Gasteiger partial charge in [0.05, 0.1) is 0 Å². The number of nitrogens with two attached hydrogens (primary N) is 1. The van der Waals surface area contributed by atoms with Gasteiger partial charge in [0.25, 0.3) is 0 Å². The fraction of sp³-hybridized carbons (Fsp3) is 0.364. The molecular formula is C22H28N3O. The maximum atomic E-state index is 13.1. The second kappa shape index (κ2) is 8.47. The quantitative estimate of drug-likeness (QED) is 0.871. The van der Waals surface area contributed by atoms with Crippen molar-refractivity contribution < 1.29 is 4.79 Å². The predicted octanol–water partition coefficient (Wildman–Crippen LogP) is 2.45. The van der Waals surface area contributed by atoms with E-state index in [1.807, 2.05) is 41.3 Å². The molecule has 1 heterocycles. The highest BCUT2D eigenvalue weighted by atomic mass is 16.2. The Morgan fingerprint density at radius 2 is 1.54 bits per heavy atom. The molecule has 1 radical (unpaired) electrons. The van der Waals surface area contributed by atoms with Crippen molar-refractivity contribution in [2.24, 2.45) is 5.73 Å². The number of piperazine rings is 1. The van der Waals surface area contributed by atoms with Crippen LogP contribution in [0, 0.1) is 6.92 Å². The van der Waals surface area contributed by atoms with Crippen LogP contribution < -0.4 is 5.73 Å². The van der Waals surface area contributed by atoms with Crippen molar-refractivity contribution in [1.82, 2.24) is 9.80 Å². The normalized spacial score (nSPS) is 17.7. The Morgan fingerprint density at radius 1 is 0.962 bits per heavy atom. The van der Waals surface area contributed by atoms with Gasteiger partial charge in [-0.1, -0.05) is 67.6 Å². The van der Waals surface area contributed by atoms with Crippen LogP contribution in [0.15, 0.2) is 60.7 Å². The molecule has 1 aliphatic heterocycles. The van der Waals surface area contributed by atoms with Crippen LogP contribution in [0.2, 0.25) is 0 Å². The molecule has 1 saturated heterocycles. The van der Waals surface area contributed by atoms with Crippen molar-refractivity contribution in [3.8, 4) is 0 Å². The van der Waals surface area contributed by atoms with Gasteiger partial charge in [0.2, 0.25) is 5.91 Å². The summed E-state index contributed by atoms with van der Waals surface area (Å²) in [4.78, 5) is 17.4. The van der Waals surface area contributed by atoms with Crippen molar-refractivity contribution in [2.75, 3.05) is 32.7 Å². The summed E-state index contributed by atoms with van der Waals surface area (Å²) in [6, 6.07) is 20.1. The molecule has 2 N–H and O–H groups in total. The molecule has 0 spiro atoms. The fourth-order valence-corrected chi connectivity index (χ4v) is 3.50. The number of nitrogens with zero attached hydrogens (tertiary/aromatic N) is 2. The second-order valence-corrected chi connectivity index (χ2v) is 6.96. The molecule has 0 aromatic heterocycles. The summed E-state index contributed by atoms with van der Waals surface area (Å²) < 4.78 is 0. The molecule has 3 rings (SSSR count). The number of hydrogen-bond donors (Lipinski definition) is 1. The molecule has 26 heavy (non-hydrogen) atoms. The number of amides is 1. The average molecular weight is 350 g/mol. The molecule has 137 valence electrons. The zero-order chi connectivity index (χ0) is 18.4. The molecule has 1 atom stereocenters. The molecule has 0 aliphatic carbocycles. The summed E-state index contributed by atoms with van der Waals surface area (Å²) in [5, 5.41) is 0. The Hall–Kier alpha value is -2.17. The lowest BCUT2D eigenvalue weighted by Gasteiger charge is -2.39. The zero-order valence-corrected chi connectivity index (χ0v) is 15.3. The molecule has 2 aromatic rings. The first-order valence-electron chi connectivity index (χ1n) is 9.33. The van der Waals surface area contributed by atoms with Gasteiger partial charge >= 0.3 is 0 Å². The van der Waals surface area contributed by atoms with E-state index >= 15 is 0 Å². The van der Waals surface area contributed by atoms with Crippen molar-refractivity contribution in [3.05, 3.63) is 78.7 Å². The molecule has 4 heteroatoms. The molecule has 0 saturated carbocycles. The first-order chi connectivity index (χ1) is 12.6. The van der Waals surface area contributed by atoms with Crippen LogP contribution in [0.1, 0.15) is 17.5 Å². The number of rotatable bonds is 6. The van der Waals surface area contributed by atoms with Gasteiger partial charge in [-0.3, -0.25) is 9.69 Å². The summed E-state index contributed by atoms with van der Waals surface area (Å²) in [7, 11) is 0. The predicted molar refractivity (Wildman–Crippen MR) is 105 cm³/mol. The van der Waals surface area contributed by atoms with E-state index in [9.17, 15) is 4.79 Å². The van der Waals surface area contributed by atoms with Crippen molar-refractivity contribution in [2.45, 2.75) is 18.4 Å². The topological polar surface area (TPSA) is 49.6 Å².